The maximum absolute atomic E-state index is 10.8. The van der Waals surface area contributed by atoms with Gasteiger partial charge in [-0.05, 0) is 12.1 Å². The highest BCUT2D eigenvalue weighted by Crippen LogP contribution is 2.22. The van der Waals surface area contributed by atoms with Gasteiger partial charge < -0.3 is 4.90 Å². The Morgan fingerprint density at radius 1 is 1.31 bits per heavy atom. The van der Waals surface area contributed by atoms with Crippen molar-refractivity contribution in [1.82, 2.24) is 0 Å². The first-order valence-electron chi connectivity index (χ1n) is 4.07. The Morgan fingerprint density at radius 2 is 2.00 bits per heavy atom. The Kier molecular flexibility index (Phi) is 1.75. The zero-order chi connectivity index (χ0) is 9.26. The molecule has 3 heteroatoms. The van der Waals surface area contributed by atoms with Gasteiger partial charge in [-0.3, -0.25) is 4.79 Å². The molecule has 3 nitrogen and oxygen atoms in total. The summed E-state index contributed by atoms with van der Waals surface area (Å²) in [7, 11) is 0. The molecule has 1 heterocycles. The molecule has 1 aromatic carbocycles. The molecule has 1 aromatic rings. The van der Waals surface area contributed by atoms with Gasteiger partial charge in [0.2, 0.25) is 0 Å². The van der Waals surface area contributed by atoms with E-state index in [0.717, 1.165) is 5.69 Å². The minimum absolute atomic E-state index is 0.229. The van der Waals surface area contributed by atoms with Crippen LogP contribution in [0, 0.1) is 11.3 Å². The largest absolute Gasteiger partial charge is 0.356 e. The van der Waals surface area contributed by atoms with Crippen LogP contribution in [0.5, 0.6) is 0 Å². The van der Waals surface area contributed by atoms with Crippen molar-refractivity contribution in [2.24, 2.45) is 0 Å². The SMILES string of the molecule is N#Cc1ccccc1N1CC(=O)C1. The highest BCUT2D eigenvalue weighted by Gasteiger charge is 2.25. The summed E-state index contributed by atoms with van der Waals surface area (Å²) in [5.74, 6) is 0.229. The molecule has 1 saturated heterocycles. The zero-order valence-corrected chi connectivity index (χ0v) is 7.03. The van der Waals surface area contributed by atoms with E-state index in [4.69, 9.17) is 5.26 Å². The number of nitrogens with zero attached hydrogens (tertiary/aromatic N) is 2. The fourth-order valence-electron chi connectivity index (χ4n) is 1.39. The van der Waals surface area contributed by atoms with Gasteiger partial charge in [0.1, 0.15) is 6.07 Å². The van der Waals surface area contributed by atoms with Crippen LogP contribution in [0.4, 0.5) is 5.69 Å². The van der Waals surface area contributed by atoms with Crippen molar-refractivity contribution in [2.75, 3.05) is 18.0 Å². The van der Waals surface area contributed by atoms with E-state index in [9.17, 15) is 4.79 Å². The van der Waals surface area contributed by atoms with Crippen molar-refractivity contribution in [3.8, 4) is 6.07 Å². The van der Waals surface area contributed by atoms with E-state index >= 15 is 0 Å². The van der Waals surface area contributed by atoms with E-state index in [1.54, 1.807) is 6.07 Å². The Bertz CT molecular complexity index is 384. The van der Waals surface area contributed by atoms with Gasteiger partial charge in [0.25, 0.3) is 0 Å². The molecule has 0 spiro atoms. The summed E-state index contributed by atoms with van der Waals surface area (Å²) in [6.45, 7) is 0.886. The number of ketones is 1. The molecule has 0 bridgehead atoms. The minimum Gasteiger partial charge on any atom is -0.356 e. The highest BCUT2D eigenvalue weighted by molar-refractivity contribution is 5.95. The summed E-state index contributed by atoms with van der Waals surface area (Å²) >= 11 is 0. The lowest BCUT2D eigenvalue weighted by Gasteiger charge is -2.32. The van der Waals surface area contributed by atoms with E-state index in [-0.39, 0.29) is 5.78 Å². The van der Waals surface area contributed by atoms with Gasteiger partial charge in [0.15, 0.2) is 5.78 Å². The van der Waals surface area contributed by atoms with E-state index in [0.29, 0.717) is 18.7 Å². The molecule has 0 N–H and O–H groups in total. The molecule has 1 aliphatic heterocycles. The second-order valence-electron chi connectivity index (χ2n) is 3.02. The number of benzene rings is 1. The van der Waals surface area contributed by atoms with Gasteiger partial charge in [-0.1, -0.05) is 12.1 Å². The number of para-hydroxylation sites is 1. The van der Waals surface area contributed by atoms with Crippen molar-refractivity contribution in [3.05, 3.63) is 29.8 Å². The second kappa shape index (κ2) is 2.91. The second-order valence-corrected chi connectivity index (χ2v) is 3.02. The van der Waals surface area contributed by atoms with Gasteiger partial charge in [-0.25, -0.2) is 0 Å². The van der Waals surface area contributed by atoms with Crippen LogP contribution in [-0.4, -0.2) is 18.9 Å². The van der Waals surface area contributed by atoms with Crippen LogP contribution in [0.1, 0.15) is 5.56 Å². The summed E-state index contributed by atoms with van der Waals surface area (Å²) in [4.78, 5) is 12.7. The number of carbonyl (C=O) groups excluding carboxylic acids is 1. The lowest BCUT2D eigenvalue weighted by molar-refractivity contribution is -0.119. The molecular formula is C10H8N2O. The van der Waals surface area contributed by atoms with Crippen molar-refractivity contribution in [2.45, 2.75) is 0 Å². The van der Waals surface area contributed by atoms with Gasteiger partial charge in [0, 0.05) is 0 Å². The quantitative estimate of drug-likeness (QED) is 0.633. The molecule has 0 saturated carbocycles. The molecule has 0 radical (unpaired) electrons. The summed E-state index contributed by atoms with van der Waals surface area (Å²) < 4.78 is 0. The summed E-state index contributed by atoms with van der Waals surface area (Å²) in [6.07, 6.45) is 0. The predicted octanol–water partition coefficient (Wildman–Crippen LogP) is 0.947. The fraction of sp³-hybridized carbons (Fsp3) is 0.200. The van der Waals surface area contributed by atoms with Crippen molar-refractivity contribution in [3.63, 3.8) is 0 Å². The highest BCUT2D eigenvalue weighted by atomic mass is 16.1. The molecule has 1 aliphatic rings. The number of carbonyl (C=O) groups is 1. The minimum atomic E-state index is 0.229. The summed E-state index contributed by atoms with van der Waals surface area (Å²) in [5.41, 5.74) is 1.50. The number of anilines is 1. The Balaban J connectivity index is 2.30. The van der Waals surface area contributed by atoms with Gasteiger partial charge in [-0.15, -0.1) is 0 Å². The molecule has 0 aliphatic carbocycles. The monoisotopic (exact) mass is 172 g/mol. The topological polar surface area (TPSA) is 44.1 Å². The van der Waals surface area contributed by atoms with Crippen LogP contribution in [0.2, 0.25) is 0 Å². The first kappa shape index (κ1) is 7.81. The molecule has 0 amide bonds. The van der Waals surface area contributed by atoms with E-state index in [1.165, 1.54) is 0 Å². The van der Waals surface area contributed by atoms with Crippen LogP contribution < -0.4 is 4.90 Å². The van der Waals surface area contributed by atoms with Crippen LogP contribution >= 0.6 is 0 Å². The smallest absolute Gasteiger partial charge is 0.171 e. The molecule has 0 aromatic heterocycles. The van der Waals surface area contributed by atoms with Crippen molar-refractivity contribution in [1.29, 1.82) is 5.26 Å². The first-order valence-corrected chi connectivity index (χ1v) is 4.07. The number of hydrogen-bond donors (Lipinski definition) is 0. The van der Waals surface area contributed by atoms with E-state index in [1.807, 2.05) is 23.1 Å². The van der Waals surface area contributed by atoms with E-state index in [2.05, 4.69) is 6.07 Å². The van der Waals surface area contributed by atoms with Crippen LogP contribution in [-0.2, 0) is 4.79 Å². The van der Waals surface area contributed by atoms with Crippen LogP contribution in [0.3, 0.4) is 0 Å². The molecule has 0 unspecified atom stereocenters. The van der Waals surface area contributed by atoms with Crippen molar-refractivity contribution < 1.29 is 4.79 Å². The number of rotatable bonds is 1. The Morgan fingerprint density at radius 3 is 2.62 bits per heavy atom. The molecule has 13 heavy (non-hydrogen) atoms. The molecule has 64 valence electrons. The number of hydrogen-bond acceptors (Lipinski definition) is 3. The fourth-order valence-corrected chi connectivity index (χ4v) is 1.39. The van der Waals surface area contributed by atoms with Gasteiger partial charge in [-0.2, -0.15) is 5.26 Å². The van der Waals surface area contributed by atoms with Crippen LogP contribution in [0.25, 0.3) is 0 Å². The zero-order valence-electron chi connectivity index (χ0n) is 7.03. The maximum Gasteiger partial charge on any atom is 0.171 e. The van der Waals surface area contributed by atoms with Crippen LogP contribution in [0.15, 0.2) is 24.3 Å². The summed E-state index contributed by atoms with van der Waals surface area (Å²) in [6, 6.07) is 9.43. The Labute approximate surface area is 76.2 Å². The number of nitriles is 1. The standard InChI is InChI=1S/C10H8N2O/c11-5-8-3-1-2-4-10(8)12-6-9(13)7-12/h1-4H,6-7H2. The van der Waals surface area contributed by atoms with Gasteiger partial charge >= 0.3 is 0 Å². The average molecular weight is 172 g/mol. The molecule has 0 atom stereocenters. The third-order valence-electron chi connectivity index (χ3n) is 2.10. The molecule has 2 rings (SSSR count). The third kappa shape index (κ3) is 1.27. The van der Waals surface area contributed by atoms with Crippen molar-refractivity contribution >= 4 is 11.5 Å². The van der Waals surface area contributed by atoms with E-state index < -0.39 is 0 Å². The lowest BCUT2D eigenvalue weighted by atomic mass is 10.1. The van der Waals surface area contributed by atoms with Gasteiger partial charge in [0.05, 0.1) is 24.3 Å². The third-order valence-corrected chi connectivity index (χ3v) is 2.10. The summed E-state index contributed by atoms with van der Waals surface area (Å²) in [5, 5.41) is 8.79. The molecule has 1 fully saturated rings. The molecular weight excluding hydrogens is 164 g/mol. The number of Topliss-reactive ketones (excluding diaryl/α,β-unsaturated/α-hetero) is 1. The first-order chi connectivity index (χ1) is 6.31. The lowest BCUT2D eigenvalue weighted by Crippen LogP contribution is -2.47. The average Bonchev–Trinajstić information content (AvgIpc) is 2.13. The predicted molar refractivity (Wildman–Crippen MR) is 48.4 cm³/mol. The normalized spacial score (nSPS) is 15.0. The maximum atomic E-state index is 10.8. The Hall–Kier alpha value is -1.82.